The maximum Gasteiger partial charge on any atom is 0.227 e. The van der Waals surface area contributed by atoms with Crippen molar-refractivity contribution in [3.63, 3.8) is 0 Å². The lowest BCUT2D eigenvalue weighted by Gasteiger charge is -2.32. The maximum absolute atomic E-state index is 13.2. The highest BCUT2D eigenvalue weighted by atomic mass is 35.5. The number of benzene rings is 1. The fourth-order valence-electron chi connectivity index (χ4n) is 2.76. The Labute approximate surface area is 143 Å². The molecule has 3 rings (SSSR count). The summed E-state index contributed by atoms with van der Waals surface area (Å²) in [6.07, 6.45) is 1.28. The Bertz CT molecular complexity index is 748. The van der Waals surface area contributed by atoms with Crippen LogP contribution in [0.25, 0.3) is 0 Å². The minimum Gasteiger partial charge on any atom is -0.356 e. The molecule has 2 aromatic rings. The predicted molar refractivity (Wildman–Crippen MR) is 89.2 cm³/mol. The lowest BCUT2D eigenvalue weighted by Crippen LogP contribution is -2.38. The fourth-order valence-corrected chi connectivity index (χ4v) is 2.94. The molecule has 1 aromatic heterocycles. The van der Waals surface area contributed by atoms with Crippen LogP contribution in [0, 0.1) is 17.7 Å². The van der Waals surface area contributed by atoms with Crippen molar-refractivity contribution in [2.75, 3.05) is 23.3 Å². The standard InChI is InChI=1S/C17H16ClF2N3O/c18-13-10-12(4-5-14(13)19)21-17(24)11-6-8-23(9-7-11)16-3-1-2-15(20)22-16/h1-5,10-11H,6-9H2,(H,21,24). The molecular weight excluding hydrogens is 336 g/mol. The monoisotopic (exact) mass is 351 g/mol. The zero-order valence-corrected chi connectivity index (χ0v) is 13.6. The van der Waals surface area contributed by atoms with Gasteiger partial charge in [0, 0.05) is 24.7 Å². The molecule has 1 fully saturated rings. The van der Waals surface area contributed by atoms with Gasteiger partial charge in [0.1, 0.15) is 11.6 Å². The Balaban J connectivity index is 1.58. The van der Waals surface area contributed by atoms with E-state index in [0.717, 1.165) is 0 Å². The molecule has 7 heteroatoms. The third kappa shape index (κ3) is 3.82. The summed E-state index contributed by atoms with van der Waals surface area (Å²) in [6.45, 7) is 1.25. The maximum atomic E-state index is 13.2. The molecule has 1 aromatic carbocycles. The number of anilines is 2. The topological polar surface area (TPSA) is 45.2 Å². The number of rotatable bonds is 3. The van der Waals surface area contributed by atoms with E-state index in [4.69, 9.17) is 11.6 Å². The normalized spacial score (nSPS) is 15.4. The summed E-state index contributed by atoms with van der Waals surface area (Å²) in [5.41, 5.74) is 0.473. The van der Waals surface area contributed by atoms with E-state index in [-0.39, 0.29) is 16.8 Å². The highest BCUT2D eigenvalue weighted by molar-refractivity contribution is 6.31. The first-order chi connectivity index (χ1) is 11.5. The van der Waals surface area contributed by atoms with Crippen LogP contribution in [0.3, 0.4) is 0 Å². The molecule has 0 bridgehead atoms. The molecule has 0 spiro atoms. The zero-order chi connectivity index (χ0) is 17.1. The van der Waals surface area contributed by atoms with E-state index in [1.165, 1.54) is 24.3 Å². The third-order valence-electron chi connectivity index (χ3n) is 4.08. The lowest BCUT2D eigenvalue weighted by atomic mass is 9.96. The number of halogens is 3. The summed E-state index contributed by atoms with van der Waals surface area (Å²) >= 11 is 5.71. The van der Waals surface area contributed by atoms with E-state index in [1.807, 2.05) is 4.90 Å². The van der Waals surface area contributed by atoms with Crippen LogP contribution in [0.5, 0.6) is 0 Å². The molecule has 1 aliphatic rings. The van der Waals surface area contributed by atoms with Gasteiger partial charge in [0.15, 0.2) is 0 Å². The predicted octanol–water partition coefficient (Wildman–Crippen LogP) is 3.87. The number of hydrogen-bond donors (Lipinski definition) is 1. The number of pyridine rings is 1. The summed E-state index contributed by atoms with van der Waals surface area (Å²) in [5, 5.41) is 2.73. The van der Waals surface area contributed by atoms with Crippen LogP contribution in [-0.2, 0) is 4.79 Å². The fraction of sp³-hybridized carbons (Fsp3) is 0.294. The molecular formula is C17H16ClF2N3O. The SMILES string of the molecule is O=C(Nc1ccc(F)c(Cl)c1)C1CCN(c2cccc(F)n2)CC1. The van der Waals surface area contributed by atoms with Gasteiger partial charge in [-0.1, -0.05) is 17.7 Å². The Morgan fingerprint density at radius 1 is 1.21 bits per heavy atom. The molecule has 1 aliphatic heterocycles. The zero-order valence-electron chi connectivity index (χ0n) is 12.8. The Morgan fingerprint density at radius 2 is 1.96 bits per heavy atom. The summed E-state index contributed by atoms with van der Waals surface area (Å²) in [5.74, 6) is -0.728. The Kier molecular flexibility index (Phi) is 4.94. The van der Waals surface area contributed by atoms with Crippen LogP contribution in [0.15, 0.2) is 36.4 Å². The second kappa shape index (κ2) is 7.13. The molecule has 1 N–H and O–H groups in total. The van der Waals surface area contributed by atoms with E-state index in [0.29, 0.717) is 37.4 Å². The first kappa shape index (κ1) is 16.6. The smallest absolute Gasteiger partial charge is 0.227 e. The second-order valence-corrected chi connectivity index (χ2v) is 6.11. The molecule has 0 atom stereocenters. The summed E-state index contributed by atoms with van der Waals surface area (Å²) in [4.78, 5) is 18.1. The molecule has 1 saturated heterocycles. The highest BCUT2D eigenvalue weighted by Crippen LogP contribution is 2.24. The van der Waals surface area contributed by atoms with Gasteiger partial charge >= 0.3 is 0 Å². The van der Waals surface area contributed by atoms with Crippen molar-refractivity contribution in [1.29, 1.82) is 0 Å². The minimum absolute atomic E-state index is 0.0280. The third-order valence-corrected chi connectivity index (χ3v) is 4.37. The number of carbonyl (C=O) groups excluding carboxylic acids is 1. The number of amides is 1. The minimum atomic E-state index is -0.523. The van der Waals surface area contributed by atoms with Gasteiger partial charge in [-0.25, -0.2) is 9.37 Å². The van der Waals surface area contributed by atoms with Crippen LogP contribution >= 0.6 is 11.6 Å². The van der Waals surface area contributed by atoms with Crippen molar-refractivity contribution in [2.45, 2.75) is 12.8 Å². The quantitative estimate of drug-likeness (QED) is 0.854. The van der Waals surface area contributed by atoms with E-state index < -0.39 is 11.8 Å². The summed E-state index contributed by atoms with van der Waals surface area (Å²) in [7, 11) is 0. The first-order valence-electron chi connectivity index (χ1n) is 7.66. The van der Waals surface area contributed by atoms with Crippen molar-refractivity contribution < 1.29 is 13.6 Å². The molecule has 24 heavy (non-hydrogen) atoms. The van der Waals surface area contributed by atoms with Gasteiger partial charge in [-0.2, -0.15) is 4.39 Å². The van der Waals surface area contributed by atoms with Crippen molar-refractivity contribution >= 4 is 29.0 Å². The number of hydrogen-bond acceptors (Lipinski definition) is 3. The van der Waals surface area contributed by atoms with Gasteiger partial charge in [0.2, 0.25) is 11.9 Å². The number of piperidine rings is 1. The van der Waals surface area contributed by atoms with Crippen molar-refractivity contribution in [3.05, 3.63) is 53.2 Å². The summed E-state index contributed by atoms with van der Waals surface area (Å²) in [6, 6.07) is 8.76. The van der Waals surface area contributed by atoms with Crippen LogP contribution in [-0.4, -0.2) is 24.0 Å². The molecule has 0 unspecified atom stereocenters. The average molecular weight is 352 g/mol. The number of aromatic nitrogens is 1. The second-order valence-electron chi connectivity index (χ2n) is 5.70. The lowest BCUT2D eigenvalue weighted by molar-refractivity contribution is -0.120. The van der Waals surface area contributed by atoms with E-state index in [9.17, 15) is 13.6 Å². The summed E-state index contributed by atoms with van der Waals surface area (Å²) < 4.78 is 26.3. The van der Waals surface area contributed by atoms with Crippen molar-refractivity contribution in [1.82, 2.24) is 4.98 Å². The van der Waals surface area contributed by atoms with Crippen LogP contribution in [0.2, 0.25) is 5.02 Å². The van der Waals surface area contributed by atoms with E-state index in [2.05, 4.69) is 10.3 Å². The van der Waals surface area contributed by atoms with Gasteiger partial charge in [-0.05, 0) is 43.2 Å². The highest BCUT2D eigenvalue weighted by Gasteiger charge is 2.26. The molecule has 0 aliphatic carbocycles. The molecule has 0 radical (unpaired) electrons. The van der Waals surface area contributed by atoms with Gasteiger partial charge in [0.25, 0.3) is 0 Å². The van der Waals surface area contributed by atoms with Crippen LogP contribution in [0.1, 0.15) is 12.8 Å². The molecule has 1 amide bonds. The number of nitrogens with one attached hydrogen (secondary N) is 1. The molecule has 2 heterocycles. The molecule has 126 valence electrons. The van der Waals surface area contributed by atoms with Gasteiger partial charge in [0.05, 0.1) is 5.02 Å². The van der Waals surface area contributed by atoms with Crippen molar-refractivity contribution in [2.24, 2.45) is 5.92 Å². The first-order valence-corrected chi connectivity index (χ1v) is 8.04. The largest absolute Gasteiger partial charge is 0.356 e. The van der Waals surface area contributed by atoms with E-state index >= 15 is 0 Å². The van der Waals surface area contributed by atoms with E-state index in [1.54, 1.807) is 12.1 Å². The number of carbonyl (C=O) groups is 1. The molecule has 4 nitrogen and oxygen atoms in total. The molecule has 0 saturated carbocycles. The van der Waals surface area contributed by atoms with Gasteiger partial charge < -0.3 is 10.2 Å². The average Bonchev–Trinajstić information content (AvgIpc) is 2.58. The number of nitrogens with zero attached hydrogens (tertiary/aromatic N) is 2. The van der Waals surface area contributed by atoms with Gasteiger partial charge in [-0.3, -0.25) is 4.79 Å². The van der Waals surface area contributed by atoms with Crippen LogP contribution in [0.4, 0.5) is 20.3 Å². The van der Waals surface area contributed by atoms with Gasteiger partial charge in [-0.15, -0.1) is 0 Å². The Hall–Kier alpha value is -2.21. The van der Waals surface area contributed by atoms with Crippen LogP contribution < -0.4 is 10.2 Å². The Morgan fingerprint density at radius 3 is 2.62 bits per heavy atom. The van der Waals surface area contributed by atoms with Crippen molar-refractivity contribution in [3.8, 4) is 0 Å².